The van der Waals surface area contributed by atoms with Crippen molar-refractivity contribution in [2.45, 2.75) is 31.8 Å². The molecular weight excluding hydrogens is 338 g/mol. The predicted molar refractivity (Wildman–Crippen MR) is 98.4 cm³/mol. The van der Waals surface area contributed by atoms with Gasteiger partial charge in [-0.05, 0) is 49.6 Å². The van der Waals surface area contributed by atoms with Gasteiger partial charge < -0.3 is 9.84 Å². The summed E-state index contributed by atoms with van der Waals surface area (Å²) in [4.78, 5) is 0.308. The van der Waals surface area contributed by atoms with Gasteiger partial charge in [-0.25, -0.2) is 8.42 Å². The highest BCUT2D eigenvalue weighted by molar-refractivity contribution is 7.89. The van der Waals surface area contributed by atoms with Crippen LogP contribution in [0.5, 0.6) is 5.75 Å². The number of aliphatic hydroxyl groups is 1. The van der Waals surface area contributed by atoms with Crippen molar-refractivity contribution in [3.05, 3.63) is 58.7 Å². The summed E-state index contributed by atoms with van der Waals surface area (Å²) < 4.78 is 32.2. The molecule has 2 aromatic carbocycles. The van der Waals surface area contributed by atoms with Crippen molar-refractivity contribution in [2.75, 3.05) is 20.7 Å². The smallest absolute Gasteiger partial charge is 0.243 e. The van der Waals surface area contributed by atoms with Crippen LogP contribution in [0, 0.1) is 20.8 Å². The molecule has 0 bridgehead atoms. The maximum Gasteiger partial charge on any atom is 0.243 e. The highest BCUT2D eigenvalue weighted by Gasteiger charge is 2.27. The van der Waals surface area contributed by atoms with Gasteiger partial charge in [0.25, 0.3) is 0 Å². The quantitative estimate of drug-likeness (QED) is 0.857. The Morgan fingerprint density at radius 1 is 1.08 bits per heavy atom. The summed E-state index contributed by atoms with van der Waals surface area (Å²) in [5, 5.41) is 10.4. The first-order chi connectivity index (χ1) is 11.7. The molecular formula is C19H25NO4S. The normalized spacial score (nSPS) is 13.1. The fourth-order valence-corrected chi connectivity index (χ4v) is 4.58. The van der Waals surface area contributed by atoms with E-state index in [0.29, 0.717) is 27.3 Å². The number of methoxy groups -OCH3 is 1. The number of aryl methyl sites for hydroxylation is 3. The van der Waals surface area contributed by atoms with Gasteiger partial charge in [-0.3, -0.25) is 0 Å². The summed E-state index contributed by atoms with van der Waals surface area (Å²) in [7, 11) is -0.630. The van der Waals surface area contributed by atoms with E-state index in [0.717, 1.165) is 5.56 Å². The number of aliphatic hydroxyl groups excluding tert-OH is 1. The average molecular weight is 363 g/mol. The van der Waals surface area contributed by atoms with Crippen LogP contribution in [-0.4, -0.2) is 38.5 Å². The number of benzene rings is 2. The van der Waals surface area contributed by atoms with E-state index in [1.807, 2.05) is 19.1 Å². The molecule has 0 aliphatic rings. The summed E-state index contributed by atoms with van der Waals surface area (Å²) in [5.41, 5.74) is 3.08. The van der Waals surface area contributed by atoms with E-state index in [2.05, 4.69) is 0 Å². The molecule has 5 nitrogen and oxygen atoms in total. The van der Waals surface area contributed by atoms with E-state index in [1.54, 1.807) is 45.2 Å². The van der Waals surface area contributed by atoms with Gasteiger partial charge in [-0.1, -0.05) is 29.8 Å². The SMILES string of the molecule is COc1ccc(C(O)CN(C)S(=O)(=O)c2c(C)cc(C)cc2C)cc1. The van der Waals surface area contributed by atoms with Crippen molar-refractivity contribution in [1.29, 1.82) is 0 Å². The number of hydrogen-bond acceptors (Lipinski definition) is 4. The summed E-state index contributed by atoms with van der Waals surface area (Å²) in [6.07, 6.45) is -0.920. The van der Waals surface area contributed by atoms with Crippen molar-refractivity contribution in [2.24, 2.45) is 0 Å². The Bertz CT molecular complexity index is 821. The topological polar surface area (TPSA) is 66.8 Å². The van der Waals surface area contributed by atoms with Crippen LogP contribution in [-0.2, 0) is 10.0 Å². The molecule has 1 unspecified atom stereocenters. The molecule has 1 N–H and O–H groups in total. The Balaban J connectivity index is 2.25. The molecule has 2 rings (SSSR count). The first kappa shape index (κ1) is 19.4. The molecule has 136 valence electrons. The number of likely N-dealkylation sites (N-methyl/N-ethyl adjacent to an activating group) is 1. The van der Waals surface area contributed by atoms with Crippen LogP contribution < -0.4 is 4.74 Å². The molecule has 0 aliphatic carbocycles. The molecule has 2 aromatic rings. The van der Waals surface area contributed by atoms with Gasteiger partial charge in [0.1, 0.15) is 5.75 Å². The standard InChI is InChI=1S/C19H25NO4S/c1-13-10-14(2)19(15(3)11-13)25(22,23)20(4)12-18(21)16-6-8-17(24-5)9-7-16/h6-11,18,21H,12H2,1-5H3. The molecule has 0 heterocycles. The van der Waals surface area contributed by atoms with Gasteiger partial charge >= 0.3 is 0 Å². The number of rotatable bonds is 6. The summed E-state index contributed by atoms with van der Waals surface area (Å²) in [6.45, 7) is 5.50. The maximum atomic E-state index is 12.9. The molecule has 1 atom stereocenters. The lowest BCUT2D eigenvalue weighted by Crippen LogP contribution is -2.32. The second-order valence-corrected chi connectivity index (χ2v) is 8.28. The first-order valence-corrected chi connectivity index (χ1v) is 9.47. The zero-order valence-corrected chi connectivity index (χ0v) is 16.1. The van der Waals surface area contributed by atoms with E-state index in [-0.39, 0.29) is 6.54 Å². The minimum atomic E-state index is -3.68. The van der Waals surface area contributed by atoms with Gasteiger partial charge in [0, 0.05) is 13.6 Å². The average Bonchev–Trinajstić information content (AvgIpc) is 2.53. The second-order valence-electron chi connectivity index (χ2n) is 6.30. The lowest BCUT2D eigenvalue weighted by molar-refractivity contribution is 0.155. The molecule has 0 fully saturated rings. The number of hydrogen-bond donors (Lipinski definition) is 1. The summed E-state index contributed by atoms with van der Waals surface area (Å²) in [5.74, 6) is 0.683. The minimum Gasteiger partial charge on any atom is -0.497 e. The van der Waals surface area contributed by atoms with Crippen molar-refractivity contribution < 1.29 is 18.3 Å². The second kappa shape index (κ2) is 7.56. The van der Waals surface area contributed by atoms with Crippen molar-refractivity contribution in [3.8, 4) is 5.75 Å². The third-order valence-electron chi connectivity index (χ3n) is 4.20. The Labute approximate surface area is 149 Å². The van der Waals surface area contributed by atoms with Crippen molar-refractivity contribution in [3.63, 3.8) is 0 Å². The van der Waals surface area contributed by atoms with E-state index >= 15 is 0 Å². The zero-order valence-electron chi connectivity index (χ0n) is 15.3. The highest BCUT2D eigenvalue weighted by Crippen LogP contribution is 2.26. The molecule has 0 radical (unpaired) electrons. The zero-order chi connectivity index (χ0) is 18.8. The lowest BCUT2D eigenvalue weighted by atomic mass is 10.1. The fourth-order valence-electron chi connectivity index (χ4n) is 3.00. The number of nitrogens with zero attached hydrogens (tertiary/aromatic N) is 1. The van der Waals surface area contributed by atoms with Crippen LogP contribution in [0.3, 0.4) is 0 Å². The number of ether oxygens (including phenoxy) is 1. The van der Waals surface area contributed by atoms with Crippen LogP contribution in [0.4, 0.5) is 0 Å². The monoisotopic (exact) mass is 363 g/mol. The Kier molecular flexibility index (Phi) is 5.87. The fraction of sp³-hybridized carbons (Fsp3) is 0.368. The summed E-state index contributed by atoms with van der Waals surface area (Å²) >= 11 is 0. The van der Waals surface area contributed by atoms with Gasteiger partial charge in [0.2, 0.25) is 10.0 Å². The van der Waals surface area contributed by atoms with Crippen LogP contribution in [0.25, 0.3) is 0 Å². The third-order valence-corrected chi connectivity index (χ3v) is 6.33. The largest absolute Gasteiger partial charge is 0.497 e. The van der Waals surface area contributed by atoms with Crippen LogP contribution in [0.15, 0.2) is 41.3 Å². The Hall–Kier alpha value is -1.89. The van der Waals surface area contributed by atoms with Crippen LogP contribution in [0.2, 0.25) is 0 Å². The van der Waals surface area contributed by atoms with Crippen LogP contribution >= 0.6 is 0 Å². The molecule has 0 saturated carbocycles. The maximum absolute atomic E-state index is 12.9. The molecule has 6 heteroatoms. The first-order valence-electron chi connectivity index (χ1n) is 8.03. The predicted octanol–water partition coefficient (Wildman–Crippen LogP) is 2.97. The van der Waals surface area contributed by atoms with Crippen LogP contribution in [0.1, 0.15) is 28.4 Å². The highest BCUT2D eigenvalue weighted by atomic mass is 32.2. The Morgan fingerprint density at radius 2 is 1.60 bits per heavy atom. The minimum absolute atomic E-state index is 0.0264. The van der Waals surface area contributed by atoms with Gasteiger partial charge in [0.15, 0.2) is 0 Å². The van der Waals surface area contributed by atoms with E-state index in [9.17, 15) is 13.5 Å². The van der Waals surface area contributed by atoms with Gasteiger partial charge in [-0.2, -0.15) is 4.31 Å². The summed E-state index contributed by atoms with van der Waals surface area (Å²) in [6, 6.07) is 10.6. The van der Waals surface area contributed by atoms with E-state index < -0.39 is 16.1 Å². The number of sulfonamides is 1. The van der Waals surface area contributed by atoms with Crippen molar-refractivity contribution >= 4 is 10.0 Å². The van der Waals surface area contributed by atoms with E-state index in [4.69, 9.17) is 4.74 Å². The van der Waals surface area contributed by atoms with Gasteiger partial charge in [-0.15, -0.1) is 0 Å². The molecule has 0 aromatic heterocycles. The van der Waals surface area contributed by atoms with Gasteiger partial charge in [0.05, 0.1) is 18.1 Å². The van der Waals surface area contributed by atoms with E-state index in [1.165, 1.54) is 11.4 Å². The van der Waals surface area contributed by atoms with Crippen molar-refractivity contribution in [1.82, 2.24) is 4.31 Å². The molecule has 0 saturated heterocycles. The molecule has 0 aliphatic heterocycles. The molecule has 0 amide bonds. The molecule has 0 spiro atoms. The Morgan fingerprint density at radius 3 is 2.08 bits per heavy atom. The third kappa shape index (κ3) is 4.21. The molecule has 25 heavy (non-hydrogen) atoms. The lowest BCUT2D eigenvalue weighted by Gasteiger charge is -2.23.